The van der Waals surface area contributed by atoms with Gasteiger partial charge in [-0.05, 0) is 43.3 Å². The number of aryl methyl sites for hydroxylation is 1. The summed E-state index contributed by atoms with van der Waals surface area (Å²) < 4.78 is 0.949. The molecule has 0 bridgehead atoms. The highest BCUT2D eigenvalue weighted by molar-refractivity contribution is 7.21. The number of carbonyl (C=O) groups is 2. The number of aromatic nitrogens is 2. The van der Waals surface area contributed by atoms with Crippen molar-refractivity contribution in [2.45, 2.75) is 19.9 Å². The van der Waals surface area contributed by atoms with E-state index in [-0.39, 0.29) is 17.9 Å². The Bertz CT molecular complexity index is 1290. The molecule has 1 aromatic carbocycles. The number of thiophene rings is 1. The van der Waals surface area contributed by atoms with Gasteiger partial charge in [-0.25, -0.2) is 0 Å². The van der Waals surface area contributed by atoms with Crippen LogP contribution >= 0.6 is 11.3 Å². The van der Waals surface area contributed by atoms with Crippen LogP contribution in [-0.2, 0) is 4.79 Å². The minimum absolute atomic E-state index is 0.0187. The van der Waals surface area contributed by atoms with Gasteiger partial charge >= 0.3 is 0 Å². The number of nitrogens with zero attached hydrogens (tertiary/aromatic N) is 2. The summed E-state index contributed by atoms with van der Waals surface area (Å²) >= 11 is 1.44. The number of rotatable bonds is 4. The Morgan fingerprint density at radius 1 is 1.20 bits per heavy atom. The highest BCUT2D eigenvalue weighted by Gasteiger charge is 2.32. The summed E-state index contributed by atoms with van der Waals surface area (Å²) in [5.41, 5.74) is 4.94. The van der Waals surface area contributed by atoms with Crippen LogP contribution in [0.4, 0.5) is 11.4 Å². The van der Waals surface area contributed by atoms with Crippen LogP contribution in [-0.4, -0.2) is 45.8 Å². The number of amides is 2. The lowest BCUT2D eigenvalue weighted by atomic mass is 10.1. The number of hydrogen-bond acceptors (Lipinski definition) is 5. The molecule has 1 saturated heterocycles. The lowest BCUT2D eigenvalue weighted by molar-refractivity contribution is -0.120. The van der Waals surface area contributed by atoms with Gasteiger partial charge in [0.15, 0.2) is 0 Å². The van der Waals surface area contributed by atoms with Crippen molar-refractivity contribution >= 4 is 55.6 Å². The largest absolute Gasteiger partial charge is 0.359 e. The van der Waals surface area contributed by atoms with Crippen molar-refractivity contribution in [3.8, 4) is 0 Å². The van der Waals surface area contributed by atoms with Crippen LogP contribution in [0.1, 0.15) is 22.3 Å². The summed E-state index contributed by atoms with van der Waals surface area (Å²) in [5, 5.41) is 7.46. The maximum atomic E-state index is 12.8. The lowest BCUT2D eigenvalue weighted by Crippen LogP contribution is -2.60. The van der Waals surface area contributed by atoms with Gasteiger partial charge < -0.3 is 20.5 Å². The van der Waals surface area contributed by atoms with Gasteiger partial charge in [-0.2, -0.15) is 0 Å². The normalized spacial score (nSPS) is 14.1. The molecule has 1 aliphatic rings. The summed E-state index contributed by atoms with van der Waals surface area (Å²) in [4.78, 5) is 34.1. The Balaban J connectivity index is 1.38. The minimum Gasteiger partial charge on any atom is -0.359 e. The van der Waals surface area contributed by atoms with Crippen molar-refractivity contribution in [3.63, 3.8) is 0 Å². The minimum atomic E-state index is -0.0677. The molecule has 4 aromatic rings. The molecule has 0 atom stereocenters. The average molecular weight is 420 g/mol. The summed E-state index contributed by atoms with van der Waals surface area (Å²) in [7, 11) is 0. The summed E-state index contributed by atoms with van der Waals surface area (Å²) in [6.07, 6.45) is 1.75. The quantitative estimate of drug-likeness (QED) is 0.469. The van der Waals surface area contributed by atoms with Crippen molar-refractivity contribution in [3.05, 3.63) is 53.2 Å². The first-order valence-corrected chi connectivity index (χ1v) is 10.6. The number of benzene rings is 1. The molecule has 0 unspecified atom stereocenters. The number of likely N-dealkylation sites (tertiary alicyclic amines) is 1. The molecule has 0 spiro atoms. The van der Waals surface area contributed by atoms with Crippen LogP contribution < -0.4 is 10.6 Å². The molecule has 2 amide bonds. The molecule has 0 radical (unpaired) electrons. The Morgan fingerprint density at radius 3 is 2.83 bits per heavy atom. The van der Waals surface area contributed by atoms with E-state index in [2.05, 4.69) is 38.8 Å². The molecule has 7 nitrogen and oxygen atoms in total. The second-order valence-corrected chi connectivity index (χ2v) is 8.72. The third-order valence-electron chi connectivity index (χ3n) is 5.23. The van der Waals surface area contributed by atoms with Crippen molar-refractivity contribution in [2.75, 3.05) is 18.4 Å². The van der Waals surface area contributed by atoms with Crippen molar-refractivity contribution in [1.29, 1.82) is 0 Å². The third-order valence-corrected chi connectivity index (χ3v) is 6.38. The van der Waals surface area contributed by atoms with E-state index in [0.29, 0.717) is 18.0 Å². The van der Waals surface area contributed by atoms with Crippen LogP contribution in [0.3, 0.4) is 0 Å². The van der Waals surface area contributed by atoms with Crippen LogP contribution in [0.5, 0.6) is 0 Å². The van der Waals surface area contributed by atoms with Crippen molar-refractivity contribution < 1.29 is 9.59 Å². The van der Waals surface area contributed by atoms with Crippen molar-refractivity contribution in [2.24, 2.45) is 0 Å². The smallest absolute Gasteiger partial charge is 0.264 e. The summed E-state index contributed by atoms with van der Waals surface area (Å²) in [5.74, 6) is -0.0864. The fraction of sp³-hybridized carbons (Fsp3) is 0.227. The second kappa shape index (κ2) is 7.14. The molecule has 4 heterocycles. The number of carbonyl (C=O) groups excluding carboxylic acids is 2. The molecule has 152 valence electrons. The Hall–Kier alpha value is -3.39. The molecule has 3 aromatic heterocycles. The highest BCUT2D eigenvalue weighted by atomic mass is 32.1. The third kappa shape index (κ3) is 3.39. The van der Waals surface area contributed by atoms with E-state index in [0.717, 1.165) is 38.2 Å². The zero-order chi connectivity index (χ0) is 20.8. The van der Waals surface area contributed by atoms with Gasteiger partial charge in [0.05, 0.1) is 26.8 Å². The molecular formula is C22H21N5O2S. The molecule has 8 heteroatoms. The van der Waals surface area contributed by atoms with E-state index < -0.39 is 0 Å². The van der Waals surface area contributed by atoms with E-state index >= 15 is 0 Å². The predicted octanol–water partition coefficient (Wildman–Crippen LogP) is 3.79. The second-order valence-electron chi connectivity index (χ2n) is 7.67. The number of aromatic amines is 1. The molecule has 3 N–H and O–H groups in total. The standard InChI is InChI=1S/C22H21N5O2S/c1-12-7-14-8-15(3-4-17(14)24-12)26-18-5-6-23-19-9-20(30-21(18)19)22(29)27-10-16(11-27)25-13(2)28/h3-9,16,24H,10-11H2,1-2H3,(H,23,26)(H,25,28). The topological polar surface area (TPSA) is 90.1 Å². The molecule has 30 heavy (non-hydrogen) atoms. The van der Waals surface area contributed by atoms with Gasteiger partial charge in [-0.15, -0.1) is 11.3 Å². The lowest BCUT2D eigenvalue weighted by Gasteiger charge is -2.39. The first-order chi connectivity index (χ1) is 14.5. The van der Waals surface area contributed by atoms with E-state index in [9.17, 15) is 9.59 Å². The Labute approximate surface area is 177 Å². The van der Waals surface area contributed by atoms with E-state index in [1.165, 1.54) is 18.3 Å². The SMILES string of the molecule is CC(=O)NC1CN(C(=O)c2cc3nccc(Nc4ccc5[nH]c(C)cc5c4)c3s2)C1. The van der Waals surface area contributed by atoms with Gasteiger partial charge in [0, 0.05) is 48.5 Å². The van der Waals surface area contributed by atoms with Gasteiger partial charge in [0.25, 0.3) is 5.91 Å². The molecule has 0 saturated carbocycles. The first-order valence-electron chi connectivity index (χ1n) is 9.77. The van der Waals surface area contributed by atoms with Crippen LogP contribution in [0, 0.1) is 6.92 Å². The number of pyridine rings is 1. The van der Waals surface area contributed by atoms with Gasteiger partial charge in [-0.1, -0.05) is 0 Å². The van der Waals surface area contributed by atoms with E-state index in [1.807, 2.05) is 25.1 Å². The predicted molar refractivity (Wildman–Crippen MR) is 119 cm³/mol. The van der Waals surface area contributed by atoms with Crippen LogP contribution in [0.2, 0.25) is 0 Å². The van der Waals surface area contributed by atoms with Gasteiger partial charge in [-0.3, -0.25) is 14.6 Å². The van der Waals surface area contributed by atoms with Crippen LogP contribution in [0.25, 0.3) is 21.1 Å². The monoisotopic (exact) mass is 419 g/mol. The molecule has 0 aliphatic carbocycles. The van der Waals surface area contributed by atoms with Crippen LogP contribution in [0.15, 0.2) is 42.6 Å². The Morgan fingerprint density at radius 2 is 2.03 bits per heavy atom. The van der Waals surface area contributed by atoms with Crippen molar-refractivity contribution in [1.82, 2.24) is 20.2 Å². The average Bonchev–Trinajstić information content (AvgIpc) is 3.26. The van der Waals surface area contributed by atoms with Gasteiger partial charge in [0.2, 0.25) is 5.91 Å². The number of anilines is 2. The fourth-order valence-electron chi connectivity index (χ4n) is 3.83. The molecule has 1 aliphatic heterocycles. The zero-order valence-electron chi connectivity index (χ0n) is 16.7. The number of fused-ring (bicyclic) bond motifs is 2. The first kappa shape index (κ1) is 18.6. The maximum absolute atomic E-state index is 12.8. The molecule has 5 rings (SSSR count). The van der Waals surface area contributed by atoms with E-state index in [1.54, 1.807) is 11.1 Å². The maximum Gasteiger partial charge on any atom is 0.264 e. The summed E-state index contributed by atoms with van der Waals surface area (Å²) in [6, 6.07) is 12.1. The number of H-pyrrole nitrogens is 1. The molecular weight excluding hydrogens is 398 g/mol. The van der Waals surface area contributed by atoms with Gasteiger partial charge in [0.1, 0.15) is 0 Å². The zero-order valence-corrected chi connectivity index (χ0v) is 17.5. The van der Waals surface area contributed by atoms with E-state index in [4.69, 9.17) is 0 Å². The summed E-state index contributed by atoms with van der Waals surface area (Å²) in [6.45, 7) is 4.62. The highest BCUT2D eigenvalue weighted by Crippen LogP contribution is 2.34. The molecule has 1 fully saturated rings. The number of hydrogen-bond donors (Lipinski definition) is 3. The Kier molecular flexibility index (Phi) is 4.43. The number of nitrogens with one attached hydrogen (secondary N) is 3. The fourth-order valence-corrected chi connectivity index (χ4v) is 4.88.